The van der Waals surface area contributed by atoms with Gasteiger partial charge in [0.25, 0.3) is 5.91 Å². The van der Waals surface area contributed by atoms with Gasteiger partial charge in [0, 0.05) is 33.9 Å². The second kappa shape index (κ2) is 9.08. The molecule has 30 heavy (non-hydrogen) atoms. The lowest BCUT2D eigenvalue weighted by Gasteiger charge is -2.12. The van der Waals surface area contributed by atoms with E-state index in [9.17, 15) is 4.79 Å². The molecule has 6 heteroatoms. The van der Waals surface area contributed by atoms with Gasteiger partial charge in [-0.15, -0.1) is 0 Å². The van der Waals surface area contributed by atoms with E-state index in [1.165, 1.54) is 0 Å². The molecule has 4 nitrogen and oxygen atoms in total. The van der Waals surface area contributed by atoms with Crippen molar-refractivity contribution in [3.05, 3.63) is 106 Å². The Balaban J connectivity index is 1.67. The number of hydrogen-bond donors (Lipinski definition) is 1. The Kier molecular flexibility index (Phi) is 6.07. The number of nitrogens with zero attached hydrogens (tertiary/aromatic N) is 2. The lowest BCUT2D eigenvalue weighted by molar-refractivity contribution is 0.0951. The van der Waals surface area contributed by atoms with Gasteiger partial charge in [0.2, 0.25) is 0 Å². The fourth-order valence-corrected chi connectivity index (χ4v) is 3.65. The van der Waals surface area contributed by atoms with Gasteiger partial charge in [-0.1, -0.05) is 83.9 Å². The summed E-state index contributed by atoms with van der Waals surface area (Å²) in [5.74, 6) is 0.289. The first-order valence-electron chi connectivity index (χ1n) is 9.31. The Hall–Kier alpha value is -3.21. The monoisotopic (exact) mass is 433 g/mol. The maximum Gasteiger partial charge on any atom is 0.255 e. The summed E-state index contributed by atoms with van der Waals surface area (Å²) in [4.78, 5) is 22.1. The summed E-state index contributed by atoms with van der Waals surface area (Å²) >= 11 is 12.1. The molecule has 1 heterocycles. The summed E-state index contributed by atoms with van der Waals surface area (Å²) in [7, 11) is 0. The highest BCUT2D eigenvalue weighted by Crippen LogP contribution is 2.25. The number of aromatic nitrogens is 2. The van der Waals surface area contributed by atoms with E-state index in [0.29, 0.717) is 27.1 Å². The maximum atomic E-state index is 13.0. The van der Waals surface area contributed by atoms with Gasteiger partial charge in [0.05, 0.1) is 11.3 Å². The van der Waals surface area contributed by atoms with E-state index in [1.807, 2.05) is 60.7 Å². The maximum absolute atomic E-state index is 13.0. The van der Waals surface area contributed by atoms with E-state index in [0.717, 1.165) is 16.7 Å². The molecule has 3 aromatic carbocycles. The lowest BCUT2D eigenvalue weighted by atomic mass is 10.1. The fourth-order valence-electron chi connectivity index (χ4n) is 3.08. The number of amides is 1. The number of rotatable bonds is 5. The topological polar surface area (TPSA) is 54.9 Å². The van der Waals surface area contributed by atoms with E-state index in [-0.39, 0.29) is 12.5 Å². The van der Waals surface area contributed by atoms with Gasteiger partial charge in [0.15, 0.2) is 5.82 Å². The highest BCUT2D eigenvalue weighted by atomic mass is 35.5. The van der Waals surface area contributed by atoms with Crippen LogP contribution in [0.1, 0.15) is 15.9 Å². The normalized spacial score (nSPS) is 10.6. The number of carbonyl (C=O) groups is 1. The predicted molar refractivity (Wildman–Crippen MR) is 121 cm³/mol. The van der Waals surface area contributed by atoms with Crippen LogP contribution in [0, 0.1) is 0 Å². The average molecular weight is 434 g/mol. The molecule has 0 atom stereocenters. The van der Waals surface area contributed by atoms with Gasteiger partial charge in [-0.25, -0.2) is 9.97 Å². The van der Waals surface area contributed by atoms with Crippen LogP contribution in [0.4, 0.5) is 0 Å². The predicted octanol–water partition coefficient (Wildman–Crippen LogP) is 6.05. The van der Waals surface area contributed by atoms with E-state index in [4.69, 9.17) is 28.2 Å². The number of halogens is 2. The number of benzene rings is 3. The Bertz CT molecular complexity index is 1160. The molecule has 148 valence electrons. The third kappa shape index (κ3) is 4.67. The van der Waals surface area contributed by atoms with Crippen LogP contribution >= 0.6 is 23.2 Å². The third-order valence-corrected chi connectivity index (χ3v) is 4.92. The van der Waals surface area contributed by atoms with Gasteiger partial charge >= 0.3 is 0 Å². The minimum atomic E-state index is -0.274. The van der Waals surface area contributed by atoms with Crippen LogP contribution in [0.2, 0.25) is 10.0 Å². The third-order valence-electron chi connectivity index (χ3n) is 4.49. The number of nitrogens with one attached hydrogen (secondary N) is 1. The van der Waals surface area contributed by atoms with E-state index in [2.05, 4.69) is 10.3 Å². The Morgan fingerprint density at radius 2 is 1.43 bits per heavy atom. The zero-order valence-corrected chi connectivity index (χ0v) is 17.4. The summed E-state index contributed by atoms with van der Waals surface area (Å²) in [6.07, 6.45) is 1.57. The van der Waals surface area contributed by atoms with Crippen molar-refractivity contribution in [1.82, 2.24) is 15.3 Å². The molecule has 0 fully saturated rings. The van der Waals surface area contributed by atoms with Crippen molar-refractivity contribution in [3.8, 4) is 22.6 Å². The van der Waals surface area contributed by atoms with Crippen LogP contribution in [0.15, 0.2) is 85.1 Å². The Morgan fingerprint density at radius 1 is 0.833 bits per heavy atom. The van der Waals surface area contributed by atoms with Gasteiger partial charge in [0.1, 0.15) is 0 Å². The zero-order chi connectivity index (χ0) is 20.9. The molecule has 1 aromatic heterocycles. The lowest BCUT2D eigenvalue weighted by Crippen LogP contribution is -2.24. The van der Waals surface area contributed by atoms with Crippen LogP contribution in [-0.2, 0) is 6.54 Å². The van der Waals surface area contributed by atoms with E-state index < -0.39 is 0 Å². The number of carbonyl (C=O) groups excluding carboxylic acids is 1. The second-order valence-corrected chi connectivity index (χ2v) is 7.52. The van der Waals surface area contributed by atoms with Crippen molar-refractivity contribution in [1.29, 1.82) is 0 Å². The molecule has 4 rings (SSSR count). The first-order valence-corrected chi connectivity index (χ1v) is 10.1. The van der Waals surface area contributed by atoms with Crippen molar-refractivity contribution in [2.24, 2.45) is 0 Å². The molecule has 0 saturated carbocycles. The van der Waals surface area contributed by atoms with Crippen LogP contribution in [0.25, 0.3) is 22.6 Å². The molecule has 0 bridgehead atoms. The van der Waals surface area contributed by atoms with Gasteiger partial charge in [-0.2, -0.15) is 0 Å². The first kappa shape index (κ1) is 20.1. The highest BCUT2D eigenvalue weighted by Gasteiger charge is 2.17. The summed E-state index contributed by atoms with van der Waals surface area (Å²) in [5, 5.41) is 3.94. The smallest absolute Gasteiger partial charge is 0.255 e. The first-order chi connectivity index (χ1) is 14.6. The standard InChI is InChI=1S/C24H17Cl2N3O/c25-19-11-16(12-20(26)13-19)14-28-24(30)21-15-27-23(18-9-5-2-6-10-18)29-22(21)17-7-3-1-4-8-17/h1-13,15H,14H2,(H,28,30). The largest absolute Gasteiger partial charge is 0.348 e. The molecule has 4 aromatic rings. The molecular weight excluding hydrogens is 417 g/mol. The molecule has 0 spiro atoms. The molecule has 0 aliphatic rings. The molecule has 1 N–H and O–H groups in total. The fraction of sp³-hybridized carbons (Fsp3) is 0.0417. The van der Waals surface area contributed by atoms with Gasteiger partial charge in [-0.3, -0.25) is 4.79 Å². The minimum absolute atomic E-state index is 0.274. The van der Waals surface area contributed by atoms with Crippen LogP contribution in [-0.4, -0.2) is 15.9 Å². The van der Waals surface area contributed by atoms with Gasteiger partial charge in [-0.05, 0) is 23.8 Å². The minimum Gasteiger partial charge on any atom is -0.348 e. The van der Waals surface area contributed by atoms with Crippen molar-refractivity contribution >= 4 is 29.1 Å². The van der Waals surface area contributed by atoms with Crippen molar-refractivity contribution in [2.45, 2.75) is 6.54 Å². The highest BCUT2D eigenvalue weighted by molar-refractivity contribution is 6.34. The Morgan fingerprint density at radius 3 is 2.07 bits per heavy atom. The summed E-state index contributed by atoms with van der Waals surface area (Å²) < 4.78 is 0. The Labute approximate surface area is 184 Å². The summed E-state index contributed by atoms with van der Waals surface area (Å²) in [5.41, 5.74) is 3.51. The van der Waals surface area contributed by atoms with Crippen LogP contribution in [0.3, 0.4) is 0 Å². The summed E-state index contributed by atoms with van der Waals surface area (Å²) in [6.45, 7) is 0.285. The quantitative estimate of drug-likeness (QED) is 0.416. The van der Waals surface area contributed by atoms with Crippen molar-refractivity contribution < 1.29 is 4.79 Å². The SMILES string of the molecule is O=C(NCc1cc(Cl)cc(Cl)c1)c1cnc(-c2ccccc2)nc1-c1ccccc1. The van der Waals surface area contributed by atoms with Crippen LogP contribution < -0.4 is 5.32 Å². The molecule has 1 amide bonds. The molecular formula is C24H17Cl2N3O. The number of hydrogen-bond acceptors (Lipinski definition) is 3. The molecule has 0 saturated heterocycles. The van der Waals surface area contributed by atoms with Crippen molar-refractivity contribution in [3.63, 3.8) is 0 Å². The van der Waals surface area contributed by atoms with Crippen molar-refractivity contribution in [2.75, 3.05) is 0 Å². The molecule has 0 aliphatic heterocycles. The molecule has 0 radical (unpaired) electrons. The van der Waals surface area contributed by atoms with Gasteiger partial charge < -0.3 is 5.32 Å². The molecule has 0 unspecified atom stereocenters. The average Bonchev–Trinajstić information content (AvgIpc) is 2.78. The zero-order valence-electron chi connectivity index (χ0n) is 15.8. The van der Waals surface area contributed by atoms with E-state index >= 15 is 0 Å². The van der Waals surface area contributed by atoms with E-state index in [1.54, 1.807) is 24.4 Å². The van der Waals surface area contributed by atoms with Crippen LogP contribution in [0.5, 0.6) is 0 Å². The molecule has 0 aliphatic carbocycles. The summed E-state index contributed by atoms with van der Waals surface area (Å²) in [6, 6.07) is 24.4. The second-order valence-electron chi connectivity index (χ2n) is 6.65.